The first-order valence-electron chi connectivity index (χ1n) is 5.73. The first-order valence-corrected chi connectivity index (χ1v) is 7.34. The fourth-order valence-corrected chi connectivity index (χ4v) is 3.57. The Kier molecular flexibility index (Phi) is 4.55. The molecule has 0 fully saturated rings. The van der Waals surface area contributed by atoms with Gasteiger partial charge in [0.1, 0.15) is 0 Å². The molecule has 18 heavy (non-hydrogen) atoms. The van der Waals surface area contributed by atoms with Crippen molar-refractivity contribution in [3.63, 3.8) is 0 Å². The van der Waals surface area contributed by atoms with Crippen LogP contribution in [-0.2, 0) is 13.6 Å². The van der Waals surface area contributed by atoms with Crippen LogP contribution in [0.5, 0.6) is 0 Å². The lowest BCUT2D eigenvalue weighted by Gasteiger charge is -2.25. The molecule has 0 radical (unpaired) electrons. The molecule has 0 amide bonds. The van der Waals surface area contributed by atoms with Gasteiger partial charge in [-0.2, -0.15) is 5.10 Å². The lowest BCUT2D eigenvalue weighted by Crippen LogP contribution is -2.29. The number of halogens is 1. The maximum atomic E-state index is 5.90. The van der Waals surface area contributed by atoms with Crippen molar-refractivity contribution in [2.45, 2.75) is 12.6 Å². The van der Waals surface area contributed by atoms with Crippen molar-refractivity contribution in [2.24, 2.45) is 12.8 Å². The summed E-state index contributed by atoms with van der Waals surface area (Å²) in [5, 5.41) is 4.19. The van der Waals surface area contributed by atoms with Crippen molar-refractivity contribution >= 4 is 27.3 Å². The van der Waals surface area contributed by atoms with E-state index in [0.717, 1.165) is 10.3 Å². The van der Waals surface area contributed by atoms with Gasteiger partial charge in [-0.05, 0) is 35.1 Å². The molecule has 0 aromatic carbocycles. The molecule has 0 aliphatic rings. The van der Waals surface area contributed by atoms with Gasteiger partial charge >= 0.3 is 0 Å². The highest BCUT2D eigenvalue weighted by atomic mass is 79.9. The Balaban J connectivity index is 2.08. The smallest absolute Gasteiger partial charge is 0.0702 e. The lowest BCUT2D eigenvalue weighted by molar-refractivity contribution is 0.245. The molecule has 2 aromatic rings. The maximum Gasteiger partial charge on any atom is 0.0702 e. The predicted octanol–water partition coefficient (Wildman–Crippen LogP) is 2.38. The average molecular weight is 329 g/mol. The first-order chi connectivity index (χ1) is 8.60. The van der Waals surface area contributed by atoms with Crippen molar-refractivity contribution < 1.29 is 0 Å². The van der Waals surface area contributed by atoms with Crippen molar-refractivity contribution in [3.8, 4) is 0 Å². The van der Waals surface area contributed by atoms with E-state index in [9.17, 15) is 0 Å². The zero-order valence-electron chi connectivity index (χ0n) is 10.5. The van der Waals surface area contributed by atoms with Crippen LogP contribution in [-0.4, -0.2) is 28.3 Å². The number of hydrogen-bond acceptors (Lipinski definition) is 4. The van der Waals surface area contributed by atoms with E-state index < -0.39 is 0 Å². The number of nitrogens with two attached hydrogens (primary N) is 1. The van der Waals surface area contributed by atoms with E-state index in [2.05, 4.69) is 45.1 Å². The second-order valence-electron chi connectivity index (χ2n) is 4.33. The van der Waals surface area contributed by atoms with E-state index in [0.29, 0.717) is 6.54 Å². The SMILES string of the molecule is CN(Cc1cnn(C)c1)C(CN)c1ccc(Br)s1. The van der Waals surface area contributed by atoms with Crippen LogP contribution >= 0.6 is 27.3 Å². The molecule has 0 spiro atoms. The zero-order valence-corrected chi connectivity index (χ0v) is 12.9. The highest BCUT2D eigenvalue weighted by Crippen LogP contribution is 2.30. The molecule has 0 saturated heterocycles. The largest absolute Gasteiger partial charge is 0.329 e. The fourth-order valence-electron chi connectivity index (χ4n) is 1.97. The molecule has 2 aromatic heterocycles. The Labute approximate surface area is 120 Å². The van der Waals surface area contributed by atoms with E-state index in [1.54, 1.807) is 11.3 Å². The van der Waals surface area contributed by atoms with Crippen LogP contribution < -0.4 is 5.73 Å². The third-order valence-corrected chi connectivity index (χ3v) is 4.59. The van der Waals surface area contributed by atoms with Crippen LogP contribution in [0.1, 0.15) is 16.5 Å². The molecule has 6 heteroatoms. The Bertz CT molecular complexity index is 508. The molecule has 2 heterocycles. The fraction of sp³-hybridized carbons (Fsp3) is 0.417. The van der Waals surface area contributed by atoms with Crippen LogP contribution in [0.25, 0.3) is 0 Å². The molecular weight excluding hydrogens is 312 g/mol. The standard InChI is InChI=1S/C12H17BrN4S/c1-16(7-9-6-15-17(2)8-9)10(5-14)11-3-4-12(13)18-11/h3-4,6,8,10H,5,7,14H2,1-2H3. The summed E-state index contributed by atoms with van der Waals surface area (Å²) in [6.07, 6.45) is 3.93. The summed E-state index contributed by atoms with van der Waals surface area (Å²) in [6.45, 7) is 1.47. The second kappa shape index (κ2) is 5.97. The Morgan fingerprint density at radius 1 is 1.56 bits per heavy atom. The molecule has 2 N–H and O–H groups in total. The molecule has 0 bridgehead atoms. The number of likely N-dealkylation sites (N-methyl/N-ethyl adjacent to an activating group) is 1. The predicted molar refractivity (Wildman–Crippen MR) is 78.5 cm³/mol. The molecule has 2 rings (SSSR count). The van der Waals surface area contributed by atoms with Crippen molar-refractivity contribution in [1.82, 2.24) is 14.7 Å². The summed E-state index contributed by atoms with van der Waals surface area (Å²) >= 11 is 5.23. The minimum absolute atomic E-state index is 0.251. The summed E-state index contributed by atoms with van der Waals surface area (Å²) < 4.78 is 2.97. The van der Waals surface area contributed by atoms with Crippen LogP contribution in [0, 0.1) is 0 Å². The van der Waals surface area contributed by atoms with Crippen LogP contribution in [0.15, 0.2) is 28.3 Å². The van der Waals surface area contributed by atoms with Gasteiger partial charge in [-0.25, -0.2) is 0 Å². The van der Waals surface area contributed by atoms with E-state index in [4.69, 9.17) is 5.73 Å². The molecular formula is C12H17BrN4S. The number of aromatic nitrogens is 2. The van der Waals surface area contributed by atoms with Gasteiger partial charge in [-0.3, -0.25) is 9.58 Å². The Morgan fingerprint density at radius 2 is 2.33 bits per heavy atom. The molecule has 0 aliphatic heterocycles. The van der Waals surface area contributed by atoms with Gasteiger partial charge < -0.3 is 5.73 Å². The third kappa shape index (κ3) is 3.20. The molecule has 4 nitrogen and oxygen atoms in total. The van der Waals surface area contributed by atoms with Gasteiger partial charge in [0, 0.05) is 36.8 Å². The van der Waals surface area contributed by atoms with E-state index in [1.165, 1.54) is 10.4 Å². The van der Waals surface area contributed by atoms with Crippen molar-refractivity contribution in [1.29, 1.82) is 0 Å². The number of nitrogens with zero attached hydrogens (tertiary/aromatic N) is 3. The molecule has 1 atom stereocenters. The Morgan fingerprint density at radius 3 is 2.83 bits per heavy atom. The van der Waals surface area contributed by atoms with Gasteiger partial charge in [-0.15, -0.1) is 11.3 Å². The summed E-state index contributed by atoms with van der Waals surface area (Å²) in [6, 6.07) is 4.45. The summed E-state index contributed by atoms with van der Waals surface area (Å²) in [4.78, 5) is 3.55. The van der Waals surface area contributed by atoms with Gasteiger partial charge in [0.25, 0.3) is 0 Å². The Hall–Kier alpha value is -0.690. The average Bonchev–Trinajstić information content (AvgIpc) is 2.89. The second-order valence-corrected chi connectivity index (χ2v) is 6.83. The summed E-state index contributed by atoms with van der Waals surface area (Å²) in [5.41, 5.74) is 7.11. The first kappa shape index (κ1) is 13.7. The third-order valence-electron chi connectivity index (χ3n) is 2.87. The van der Waals surface area contributed by atoms with E-state index >= 15 is 0 Å². The quantitative estimate of drug-likeness (QED) is 0.916. The highest BCUT2D eigenvalue weighted by molar-refractivity contribution is 9.11. The minimum Gasteiger partial charge on any atom is -0.329 e. The van der Waals surface area contributed by atoms with Crippen LogP contribution in [0.2, 0.25) is 0 Å². The van der Waals surface area contributed by atoms with E-state index in [-0.39, 0.29) is 6.04 Å². The number of rotatable bonds is 5. The zero-order chi connectivity index (χ0) is 13.1. The van der Waals surface area contributed by atoms with E-state index in [1.807, 2.05) is 24.1 Å². The van der Waals surface area contributed by atoms with Crippen molar-refractivity contribution in [3.05, 3.63) is 38.8 Å². The lowest BCUT2D eigenvalue weighted by atomic mass is 10.2. The molecule has 98 valence electrons. The van der Waals surface area contributed by atoms with Gasteiger partial charge in [0.05, 0.1) is 16.0 Å². The summed E-state index contributed by atoms with van der Waals surface area (Å²) in [7, 11) is 4.03. The number of hydrogen-bond donors (Lipinski definition) is 1. The molecule has 1 unspecified atom stereocenters. The molecule has 0 aliphatic carbocycles. The van der Waals surface area contributed by atoms with Crippen LogP contribution in [0.3, 0.4) is 0 Å². The monoisotopic (exact) mass is 328 g/mol. The normalized spacial score (nSPS) is 13.2. The highest BCUT2D eigenvalue weighted by Gasteiger charge is 2.17. The summed E-state index contributed by atoms with van der Waals surface area (Å²) in [5.74, 6) is 0. The van der Waals surface area contributed by atoms with Gasteiger partial charge in [0.2, 0.25) is 0 Å². The maximum absolute atomic E-state index is 5.90. The topological polar surface area (TPSA) is 47.1 Å². The number of aryl methyl sites for hydroxylation is 1. The van der Waals surface area contributed by atoms with Crippen LogP contribution in [0.4, 0.5) is 0 Å². The van der Waals surface area contributed by atoms with Gasteiger partial charge in [0.15, 0.2) is 0 Å². The number of thiophene rings is 1. The molecule has 0 saturated carbocycles. The minimum atomic E-state index is 0.251. The van der Waals surface area contributed by atoms with Crippen molar-refractivity contribution in [2.75, 3.05) is 13.6 Å². The van der Waals surface area contributed by atoms with Gasteiger partial charge in [-0.1, -0.05) is 0 Å².